The van der Waals surface area contributed by atoms with Crippen LogP contribution < -0.4 is 10.2 Å². The van der Waals surface area contributed by atoms with Crippen molar-refractivity contribution < 1.29 is 9.32 Å². The number of hydrogen-bond acceptors (Lipinski definition) is 7. The number of hydrogen-bond donors (Lipinski definition) is 1. The zero-order valence-electron chi connectivity index (χ0n) is 16.1. The van der Waals surface area contributed by atoms with Crippen LogP contribution >= 0.6 is 0 Å². The van der Waals surface area contributed by atoms with Gasteiger partial charge in [-0.05, 0) is 39.7 Å². The van der Waals surface area contributed by atoms with Crippen LogP contribution in [0.25, 0.3) is 0 Å². The van der Waals surface area contributed by atoms with Crippen molar-refractivity contribution in [3.63, 3.8) is 0 Å². The number of fused-ring (bicyclic) bond motifs is 4. The van der Waals surface area contributed by atoms with Gasteiger partial charge in [-0.1, -0.05) is 5.16 Å². The Morgan fingerprint density at radius 3 is 2.89 bits per heavy atom. The van der Waals surface area contributed by atoms with E-state index in [4.69, 9.17) is 4.52 Å². The van der Waals surface area contributed by atoms with Gasteiger partial charge in [-0.25, -0.2) is 4.98 Å². The summed E-state index contributed by atoms with van der Waals surface area (Å²) in [7, 11) is 0. The van der Waals surface area contributed by atoms with Crippen LogP contribution in [0.5, 0.6) is 0 Å². The third kappa shape index (κ3) is 3.36. The molecule has 5 heterocycles. The molecule has 8 heteroatoms. The number of nitrogens with one attached hydrogen (secondary N) is 1. The normalized spacial score (nSPS) is 22.3. The molecule has 0 spiro atoms. The summed E-state index contributed by atoms with van der Waals surface area (Å²) in [6, 6.07) is 2.02. The van der Waals surface area contributed by atoms with E-state index in [1.54, 1.807) is 6.20 Å². The average Bonchev–Trinajstić information content (AvgIpc) is 2.84. The van der Waals surface area contributed by atoms with Crippen molar-refractivity contribution >= 4 is 17.7 Å². The Morgan fingerprint density at radius 2 is 2.15 bits per heavy atom. The van der Waals surface area contributed by atoms with Crippen molar-refractivity contribution in [2.75, 3.05) is 29.9 Å². The van der Waals surface area contributed by atoms with Crippen molar-refractivity contribution in [3.8, 4) is 0 Å². The second kappa shape index (κ2) is 7.17. The minimum Gasteiger partial charge on any atom is -0.370 e. The van der Waals surface area contributed by atoms with Crippen LogP contribution in [0.2, 0.25) is 0 Å². The number of piperidine rings is 1. The lowest BCUT2D eigenvalue weighted by atomic mass is 9.93. The molecule has 2 aromatic heterocycles. The molecule has 144 valence electrons. The number of amides is 1. The summed E-state index contributed by atoms with van der Waals surface area (Å²) in [5, 5.41) is 7.26. The van der Waals surface area contributed by atoms with Crippen molar-refractivity contribution in [2.24, 2.45) is 5.92 Å². The van der Waals surface area contributed by atoms with Gasteiger partial charge in [0.05, 0.1) is 18.2 Å². The summed E-state index contributed by atoms with van der Waals surface area (Å²) < 4.78 is 5.28. The third-order valence-corrected chi connectivity index (χ3v) is 5.59. The molecular weight excluding hydrogens is 344 g/mol. The van der Waals surface area contributed by atoms with Crippen LogP contribution in [0.1, 0.15) is 36.8 Å². The lowest BCUT2D eigenvalue weighted by Crippen LogP contribution is -2.47. The maximum atomic E-state index is 13.1. The highest BCUT2D eigenvalue weighted by Crippen LogP contribution is 2.32. The van der Waals surface area contributed by atoms with E-state index in [2.05, 4.69) is 25.3 Å². The van der Waals surface area contributed by atoms with Gasteiger partial charge in [-0.3, -0.25) is 4.79 Å². The van der Waals surface area contributed by atoms with Gasteiger partial charge < -0.3 is 19.6 Å². The van der Waals surface area contributed by atoms with Gasteiger partial charge in [-0.2, -0.15) is 4.98 Å². The minimum absolute atomic E-state index is 0.0180. The molecule has 27 heavy (non-hydrogen) atoms. The van der Waals surface area contributed by atoms with Crippen LogP contribution in [0.4, 0.5) is 11.8 Å². The number of carbonyl (C=O) groups excluding carboxylic acids is 1. The zero-order valence-corrected chi connectivity index (χ0v) is 16.1. The third-order valence-electron chi connectivity index (χ3n) is 5.59. The minimum atomic E-state index is -0.0180. The van der Waals surface area contributed by atoms with Crippen LogP contribution in [-0.4, -0.2) is 51.6 Å². The molecule has 2 bridgehead atoms. The largest absolute Gasteiger partial charge is 0.370 e. The highest BCUT2D eigenvalue weighted by Gasteiger charge is 2.41. The van der Waals surface area contributed by atoms with Crippen molar-refractivity contribution in [2.45, 2.75) is 46.2 Å². The average molecular weight is 370 g/mol. The number of anilines is 2. The molecule has 2 aromatic rings. The standard InChI is InChI=1S/C19H26N6O2/c1-4-20-17-7-8-21-19(22-17)24-9-14-5-6-15(10-24)25(18(14)26)11-16-12(2)23-27-13(16)3/h7-8,14-15H,4-6,9-11H2,1-3H3,(H,20,21,22). The maximum Gasteiger partial charge on any atom is 0.228 e. The molecule has 1 amide bonds. The quantitative estimate of drug-likeness (QED) is 0.863. The first-order valence-corrected chi connectivity index (χ1v) is 9.61. The monoisotopic (exact) mass is 370 g/mol. The van der Waals surface area contributed by atoms with E-state index in [-0.39, 0.29) is 17.9 Å². The van der Waals surface area contributed by atoms with Crippen LogP contribution in [0.3, 0.4) is 0 Å². The Bertz CT molecular complexity index is 816. The molecule has 0 aromatic carbocycles. The van der Waals surface area contributed by atoms with E-state index in [1.807, 2.05) is 31.7 Å². The first-order chi connectivity index (χ1) is 13.1. The molecule has 0 saturated carbocycles. The highest BCUT2D eigenvalue weighted by atomic mass is 16.5. The first kappa shape index (κ1) is 17.8. The van der Waals surface area contributed by atoms with E-state index < -0.39 is 0 Å². The topological polar surface area (TPSA) is 87.4 Å². The molecule has 5 rings (SSSR count). The van der Waals surface area contributed by atoms with Gasteiger partial charge in [0, 0.05) is 37.4 Å². The summed E-state index contributed by atoms with van der Waals surface area (Å²) in [5.41, 5.74) is 1.88. The predicted molar refractivity (Wildman–Crippen MR) is 101 cm³/mol. The molecular formula is C19H26N6O2. The van der Waals surface area contributed by atoms with E-state index in [1.165, 1.54) is 0 Å². The van der Waals surface area contributed by atoms with Gasteiger partial charge in [0.2, 0.25) is 11.9 Å². The van der Waals surface area contributed by atoms with Gasteiger partial charge in [0.1, 0.15) is 11.6 Å². The van der Waals surface area contributed by atoms with Crippen LogP contribution in [0.15, 0.2) is 16.8 Å². The fourth-order valence-electron chi connectivity index (χ4n) is 4.09. The Labute approximate surface area is 158 Å². The first-order valence-electron chi connectivity index (χ1n) is 9.61. The van der Waals surface area contributed by atoms with E-state index >= 15 is 0 Å². The number of aromatic nitrogens is 3. The van der Waals surface area contributed by atoms with Gasteiger partial charge in [0.15, 0.2) is 0 Å². The second-order valence-corrected chi connectivity index (χ2v) is 7.37. The molecule has 3 fully saturated rings. The van der Waals surface area contributed by atoms with E-state index in [9.17, 15) is 4.79 Å². The fraction of sp³-hybridized carbons (Fsp3) is 0.579. The Balaban J connectivity index is 1.58. The molecule has 3 aliphatic heterocycles. The molecule has 2 atom stereocenters. The van der Waals surface area contributed by atoms with Crippen molar-refractivity contribution in [3.05, 3.63) is 29.3 Å². The molecule has 3 saturated heterocycles. The molecule has 3 aliphatic rings. The molecule has 0 aliphatic carbocycles. The molecule has 8 nitrogen and oxygen atoms in total. The van der Waals surface area contributed by atoms with Gasteiger partial charge >= 0.3 is 0 Å². The van der Waals surface area contributed by atoms with E-state index in [0.29, 0.717) is 19.0 Å². The molecule has 0 radical (unpaired) electrons. The van der Waals surface area contributed by atoms with Gasteiger partial charge in [0.25, 0.3) is 0 Å². The van der Waals surface area contributed by atoms with Crippen molar-refractivity contribution in [1.29, 1.82) is 0 Å². The summed E-state index contributed by atoms with van der Waals surface area (Å²) in [6.07, 6.45) is 3.70. The Kier molecular flexibility index (Phi) is 4.72. The lowest BCUT2D eigenvalue weighted by Gasteiger charge is -2.35. The van der Waals surface area contributed by atoms with Crippen LogP contribution in [-0.2, 0) is 11.3 Å². The highest BCUT2D eigenvalue weighted by molar-refractivity contribution is 5.81. The second-order valence-electron chi connectivity index (χ2n) is 7.37. The number of carbonyl (C=O) groups is 1. The SMILES string of the molecule is CCNc1ccnc(N2CC3CCC(C2)N(Cc2c(C)noc2C)C3=O)n1. The maximum absolute atomic E-state index is 13.1. The van der Waals surface area contributed by atoms with Crippen molar-refractivity contribution in [1.82, 2.24) is 20.0 Å². The Morgan fingerprint density at radius 1 is 1.30 bits per heavy atom. The zero-order chi connectivity index (χ0) is 19.0. The lowest BCUT2D eigenvalue weighted by molar-refractivity contribution is -0.140. The molecule has 2 unspecified atom stereocenters. The summed E-state index contributed by atoms with van der Waals surface area (Å²) in [5.74, 6) is 2.50. The van der Waals surface area contributed by atoms with E-state index in [0.717, 1.165) is 48.8 Å². The van der Waals surface area contributed by atoms with Crippen LogP contribution in [0, 0.1) is 19.8 Å². The summed E-state index contributed by atoms with van der Waals surface area (Å²) >= 11 is 0. The fourth-order valence-corrected chi connectivity index (χ4v) is 4.09. The predicted octanol–water partition coefficient (Wildman–Crippen LogP) is 2.14. The summed E-state index contributed by atoms with van der Waals surface area (Å²) in [6.45, 7) is 8.67. The van der Waals surface area contributed by atoms with Gasteiger partial charge in [-0.15, -0.1) is 0 Å². The molecule has 1 N–H and O–H groups in total. The number of aryl methyl sites for hydroxylation is 2. The smallest absolute Gasteiger partial charge is 0.228 e. The summed E-state index contributed by atoms with van der Waals surface area (Å²) in [4.78, 5) is 26.4. The number of rotatable bonds is 5. The Hall–Kier alpha value is -2.64. The number of nitrogens with zero attached hydrogens (tertiary/aromatic N) is 5.